The van der Waals surface area contributed by atoms with Gasteiger partial charge in [-0.15, -0.1) is 11.3 Å². The van der Waals surface area contributed by atoms with Crippen LogP contribution in [0.3, 0.4) is 0 Å². The molecule has 0 radical (unpaired) electrons. The first-order chi connectivity index (χ1) is 13.0. The van der Waals surface area contributed by atoms with Gasteiger partial charge in [-0.3, -0.25) is 9.59 Å². The molecule has 1 aromatic carbocycles. The number of rotatable bonds is 5. The van der Waals surface area contributed by atoms with Crippen molar-refractivity contribution in [2.75, 3.05) is 0 Å². The summed E-state index contributed by atoms with van der Waals surface area (Å²) in [7, 11) is 0. The number of benzene rings is 2. The Balaban J connectivity index is 0.000000156. The Morgan fingerprint density at radius 2 is 1.48 bits per heavy atom. The Morgan fingerprint density at radius 1 is 0.852 bits per heavy atom. The van der Waals surface area contributed by atoms with E-state index in [4.69, 9.17) is 0 Å². The van der Waals surface area contributed by atoms with Crippen LogP contribution in [0.1, 0.15) is 58.9 Å². The van der Waals surface area contributed by atoms with Crippen LogP contribution in [0, 0.1) is 0 Å². The van der Waals surface area contributed by atoms with Crippen LogP contribution in [0.5, 0.6) is 11.5 Å². The van der Waals surface area contributed by atoms with Crippen molar-refractivity contribution < 1.29 is 19.8 Å². The molecule has 27 heavy (non-hydrogen) atoms. The molecule has 4 rings (SSSR count). The van der Waals surface area contributed by atoms with E-state index in [1.165, 1.54) is 53.6 Å². The number of ketones is 2. The molecule has 0 spiro atoms. The van der Waals surface area contributed by atoms with Gasteiger partial charge in [-0.1, -0.05) is 26.2 Å². The van der Waals surface area contributed by atoms with Gasteiger partial charge in [0, 0.05) is 9.40 Å². The maximum Gasteiger partial charge on any atom is 0.190 e. The third kappa shape index (κ3) is 4.19. The predicted molar refractivity (Wildman–Crippen MR) is 108 cm³/mol. The van der Waals surface area contributed by atoms with Crippen LogP contribution >= 0.6 is 11.3 Å². The van der Waals surface area contributed by atoms with Gasteiger partial charge in [0.2, 0.25) is 0 Å². The van der Waals surface area contributed by atoms with Crippen LogP contribution < -0.4 is 0 Å². The lowest BCUT2D eigenvalue weighted by molar-refractivity contribution is 0.0989. The van der Waals surface area contributed by atoms with E-state index in [2.05, 4.69) is 25.1 Å². The van der Waals surface area contributed by atoms with Crippen molar-refractivity contribution in [2.45, 2.75) is 39.0 Å². The van der Waals surface area contributed by atoms with E-state index in [-0.39, 0.29) is 22.6 Å². The first-order valence-corrected chi connectivity index (χ1v) is 9.95. The molecule has 0 saturated carbocycles. The number of thiophene rings is 2. The molecule has 0 saturated heterocycles. The van der Waals surface area contributed by atoms with Gasteiger partial charge in [-0.25, -0.2) is 0 Å². The maximum absolute atomic E-state index is 11.3. The Hall–Kier alpha value is -2.66. The highest BCUT2D eigenvalue weighted by Gasteiger charge is 2.25. The summed E-state index contributed by atoms with van der Waals surface area (Å²) in [5.74, 6) is -1.54. The molecule has 0 atom stereocenters. The van der Waals surface area contributed by atoms with Crippen LogP contribution in [0.25, 0.3) is 9.40 Å². The summed E-state index contributed by atoms with van der Waals surface area (Å²) in [5.41, 5.74) is 1.33. The fraction of sp³-hybridized carbons (Fsp3) is 0.273. The van der Waals surface area contributed by atoms with E-state index in [0.717, 1.165) is 12.2 Å². The molecule has 140 valence electrons. The average Bonchev–Trinajstić information content (AvgIpc) is 3.28. The Morgan fingerprint density at radius 3 is 1.96 bits per heavy atom. The Labute approximate surface area is 162 Å². The monoisotopic (exact) mass is 382 g/mol. The molecule has 0 fully saturated rings. The quantitative estimate of drug-likeness (QED) is 0.452. The molecule has 0 unspecified atom stereocenters. The first kappa shape index (κ1) is 19.1. The molecule has 1 aliphatic rings. The summed E-state index contributed by atoms with van der Waals surface area (Å²) in [6.07, 6.45) is 8.92. The van der Waals surface area contributed by atoms with Gasteiger partial charge < -0.3 is 10.2 Å². The standard InChI is InChI=1S/C12H16S.C10H6O4/c1-2-3-4-5-6-10-9-11-7-8-12(10)13-11;11-5-1-2-6(12)10-8(14)4-3-7(13)9(5)10/h7-9H,2-6H2,1H3;1-4,11-12H. The molecule has 1 aliphatic carbocycles. The van der Waals surface area contributed by atoms with Crippen molar-refractivity contribution in [2.24, 2.45) is 0 Å². The molecule has 0 aliphatic heterocycles. The van der Waals surface area contributed by atoms with Crippen LogP contribution in [-0.4, -0.2) is 21.8 Å². The van der Waals surface area contributed by atoms with Gasteiger partial charge in [0.25, 0.3) is 0 Å². The number of allylic oxidation sites excluding steroid dienone is 2. The highest BCUT2D eigenvalue weighted by atomic mass is 32.1. The minimum Gasteiger partial charge on any atom is -0.507 e. The van der Waals surface area contributed by atoms with E-state index in [0.29, 0.717) is 0 Å². The van der Waals surface area contributed by atoms with Gasteiger partial charge in [-0.2, -0.15) is 0 Å². The number of hydrogen-bond acceptors (Lipinski definition) is 5. The zero-order chi connectivity index (χ0) is 19.4. The Bertz CT molecular complexity index is 940. The average molecular weight is 382 g/mol. The summed E-state index contributed by atoms with van der Waals surface area (Å²) >= 11 is 1.93. The Kier molecular flexibility index (Phi) is 5.91. The minimum atomic E-state index is -0.479. The van der Waals surface area contributed by atoms with Crippen molar-refractivity contribution in [1.29, 1.82) is 0 Å². The molecule has 5 heteroatoms. The zero-order valence-corrected chi connectivity index (χ0v) is 16.0. The number of carbonyl (C=O) groups is 2. The lowest BCUT2D eigenvalue weighted by atomic mass is 9.93. The van der Waals surface area contributed by atoms with Gasteiger partial charge in [0.15, 0.2) is 11.6 Å². The van der Waals surface area contributed by atoms with Crippen LogP contribution in [0.4, 0.5) is 0 Å². The molecule has 4 nitrogen and oxygen atoms in total. The van der Waals surface area contributed by atoms with E-state index in [1.54, 1.807) is 5.56 Å². The number of hydrogen-bond donors (Lipinski definition) is 2. The van der Waals surface area contributed by atoms with E-state index in [1.807, 2.05) is 11.3 Å². The number of aryl methyl sites for hydroxylation is 1. The summed E-state index contributed by atoms with van der Waals surface area (Å²) in [4.78, 5) is 22.6. The molecule has 3 aromatic rings. The fourth-order valence-corrected chi connectivity index (χ4v) is 4.20. The summed E-state index contributed by atoms with van der Waals surface area (Å²) < 4.78 is 2.95. The molecule has 2 N–H and O–H groups in total. The maximum atomic E-state index is 11.3. The van der Waals surface area contributed by atoms with Gasteiger partial charge in [0.05, 0.1) is 11.1 Å². The zero-order valence-electron chi connectivity index (χ0n) is 15.2. The molecule has 2 aromatic heterocycles. The van der Waals surface area contributed by atoms with Gasteiger partial charge in [-0.05, 0) is 60.9 Å². The lowest BCUT2D eigenvalue weighted by Gasteiger charge is -2.11. The topological polar surface area (TPSA) is 74.6 Å². The van der Waals surface area contributed by atoms with Crippen LogP contribution in [0.2, 0.25) is 0 Å². The second-order valence-corrected chi connectivity index (χ2v) is 7.71. The largest absolute Gasteiger partial charge is 0.507 e. The normalized spacial score (nSPS) is 12.9. The summed E-state index contributed by atoms with van der Waals surface area (Å²) in [6.45, 7) is 2.26. The molecule has 2 bridgehead atoms. The molecule has 0 amide bonds. The van der Waals surface area contributed by atoms with E-state index >= 15 is 0 Å². The van der Waals surface area contributed by atoms with Crippen molar-refractivity contribution in [3.8, 4) is 11.5 Å². The number of phenols is 2. The highest BCUT2D eigenvalue weighted by molar-refractivity contribution is 7.24. The van der Waals surface area contributed by atoms with E-state index < -0.39 is 11.6 Å². The third-order valence-electron chi connectivity index (χ3n) is 4.60. The molecular weight excluding hydrogens is 360 g/mol. The molecular formula is C22H22O4S. The lowest BCUT2D eigenvalue weighted by Crippen LogP contribution is -2.11. The molecule has 2 heterocycles. The fourth-order valence-electron chi connectivity index (χ4n) is 3.18. The highest BCUT2D eigenvalue weighted by Crippen LogP contribution is 2.32. The first-order valence-electron chi connectivity index (χ1n) is 9.13. The van der Waals surface area contributed by atoms with Crippen molar-refractivity contribution in [3.05, 3.63) is 59.2 Å². The summed E-state index contributed by atoms with van der Waals surface area (Å²) in [6, 6.07) is 9.19. The predicted octanol–water partition coefficient (Wildman–Crippen LogP) is 5.49. The van der Waals surface area contributed by atoms with Gasteiger partial charge in [0.1, 0.15) is 11.5 Å². The van der Waals surface area contributed by atoms with Crippen molar-refractivity contribution >= 4 is 32.3 Å². The second-order valence-electron chi connectivity index (χ2n) is 6.60. The number of unbranched alkanes of at least 4 members (excludes halogenated alkanes) is 3. The minimum absolute atomic E-state index is 0.127. The third-order valence-corrected chi connectivity index (χ3v) is 5.71. The van der Waals surface area contributed by atoms with E-state index in [9.17, 15) is 19.8 Å². The number of fused-ring (bicyclic) bond motifs is 3. The van der Waals surface area contributed by atoms with Crippen molar-refractivity contribution in [1.82, 2.24) is 0 Å². The van der Waals surface area contributed by atoms with Crippen LogP contribution in [0.15, 0.2) is 42.5 Å². The van der Waals surface area contributed by atoms with Crippen LogP contribution in [-0.2, 0) is 6.42 Å². The summed E-state index contributed by atoms with van der Waals surface area (Å²) in [5, 5.41) is 18.7. The number of phenolic OH excluding ortho intramolecular Hbond substituents is 2. The second kappa shape index (κ2) is 8.35. The number of carbonyl (C=O) groups excluding carboxylic acids is 2. The number of aromatic hydroxyl groups is 2. The van der Waals surface area contributed by atoms with Gasteiger partial charge >= 0.3 is 0 Å². The smallest absolute Gasteiger partial charge is 0.190 e. The SMILES string of the molecule is CCCCCCc1cc2ccc1s2.O=C1C=CC(=O)c2c(O)ccc(O)c21. The van der Waals surface area contributed by atoms with Crippen molar-refractivity contribution in [3.63, 3.8) is 0 Å².